The average molecular weight is 466 g/mol. The van der Waals surface area contributed by atoms with Crippen molar-refractivity contribution in [1.82, 2.24) is 4.90 Å². The number of carbonyl (C=O) groups excluding carboxylic acids is 3. The van der Waals surface area contributed by atoms with Gasteiger partial charge in [-0.1, -0.05) is 25.5 Å². The molecule has 34 heavy (non-hydrogen) atoms. The van der Waals surface area contributed by atoms with Crippen LogP contribution in [-0.4, -0.2) is 48.3 Å². The third-order valence-corrected chi connectivity index (χ3v) is 4.94. The van der Waals surface area contributed by atoms with Gasteiger partial charge >= 0.3 is 11.9 Å². The molecule has 0 fully saturated rings. The summed E-state index contributed by atoms with van der Waals surface area (Å²) >= 11 is 0. The Labute approximate surface area is 199 Å². The van der Waals surface area contributed by atoms with Crippen LogP contribution in [0.2, 0.25) is 0 Å². The first kappa shape index (κ1) is 26.3. The van der Waals surface area contributed by atoms with Gasteiger partial charge in [-0.3, -0.25) is 15.0 Å². The molecule has 1 amide bonds. The Hall–Kier alpha value is -3.94. The second kappa shape index (κ2) is 12.9. The zero-order chi connectivity index (χ0) is 25.1. The third-order valence-electron chi connectivity index (χ3n) is 4.94. The predicted octanol–water partition coefficient (Wildman–Crippen LogP) is 3.78. The fourth-order valence-corrected chi connectivity index (χ4v) is 3.11. The highest BCUT2D eigenvalue weighted by Crippen LogP contribution is 2.16. The van der Waals surface area contributed by atoms with Crippen molar-refractivity contribution < 1.29 is 23.9 Å². The van der Waals surface area contributed by atoms with Crippen LogP contribution in [-0.2, 0) is 14.3 Å². The topological polar surface area (TPSA) is 123 Å². The number of hydrogen-bond donors (Lipinski definition) is 2. The van der Waals surface area contributed by atoms with Crippen molar-refractivity contribution in [1.29, 1.82) is 5.41 Å². The van der Waals surface area contributed by atoms with Gasteiger partial charge in [-0.25, -0.2) is 4.79 Å². The first-order valence-electron chi connectivity index (χ1n) is 11.1. The molecule has 2 rings (SSSR count). The van der Waals surface area contributed by atoms with Crippen molar-refractivity contribution in [3.63, 3.8) is 0 Å². The number of carbonyl (C=O) groups is 3. The standard InChI is InChI=1S/C26H31N3O5/c1-4-6-15-29(17-23(30)33-5-2)25(31)18(3)16-19-7-9-21(10-8-19)26(32)34-22-13-11-20(12-14-22)24(27)28/h7-14,16H,4-6,15,17H2,1-3H3,(H3,27,28)/b18-16+. The van der Waals surface area contributed by atoms with Crippen LogP contribution in [0.25, 0.3) is 6.08 Å². The van der Waals surface area contributed by atoms with E-state index in [9.17, 15) is 14.4 Å². The van der Waals surface area contributed by atoms with Crippen molar-refractivity contribution in [2.75, 3.05) is 19.7 Å². The number of nitrogens with zero attached hydrogens (tertiary/aromatic N) is 1. The largest absolute Gasteiger partial charge is 0.465 e. The molecule has 0 aliphatic rings. The highest BCUT2D eigenvalue weighted by atomic mass is 16.5. The van der Waals surface area contributed by atoms with Crippen LogP contribution in [0, 0.1) is 5.41 Å². The number of esters is 2. The van der Waals surface area contributed by atoms with Crippen LogP contribution in [0.1, 0.15) is 55.1 Å². The summed E-state index contributed by atoms with van der Waals surface area (Å²) in [4.78, 5) is 38.7. The fourth-order valence-electron chi connectivity index (χ4n) is 3.11. The van der Waals surface area contributed by atoms with E-state index in [0.717, 1.165) is 18.4 Å². The lowest BCUT2D eigenvalue weighted by Gasteiger charge is -2.22. The molecule has 0 radical (unpaired) electrons. The molecule has 180 valence electrons. The molecule has 2 aromatic rings. The monoisotopic (exact) mass is 465 g/mol. The zero-order valence-electron chi connectivity index (χ0n) is 19.8. The molecule has 0 unspecified atom stereocenters. The molecule has 0 aliphatic heterocycles. The molecule has 0 spiro atoms. The summed E-state index contributed by atoms with van der Waals surface area (Å²) in [7, 11) is 0. The smallest absolute Gasteiger partial charge is 0.343 e. The van der Waals surface area contributed by atoms with Crippen LogP contribution < -0.4 is 10.5 Å². The second-order valence-corrected chi connectivity index (χ2v) is 7.66. The molecule has 8 nitrogen and oxygen atoms in total. The predicted molar refractivity (Wildman–Crippen MR) is 131 cm³/mol. The maximum atomic E-state index is 12.9. The lowest BCUT2D eigenvalue weighted by molar-refractivity contribution is -0.147. The summed E-state index contributed by atoms with van der Waals surface area (Å²) in [5.41, 5.74) is 7.52. The maximum absolute atomic E-state index is 12.9. The number of nitrogens with one attached hydrogen (secondary N) is 1. The summed E-state index contributed by atoms with van der Waals surface area (Å²) < 4.78 is 10.3. The van der Waals surface area contributed by atoms with E-state index in [2.05, 4.69) is 0 Å². The van der Waals surface area contributed by atoms with Crippen LogP contribution in [0.4, 0.5) is 0 Å². The Balaban J connectivity index is 2.07. The minimum absolute atomic E-state index is 0.0651. The van der Waals surface area contributed by atoms with Gasteiger partial charge in [0.2, 0.25) is 5.91 Å². The number of hydrogen-bond acceptors (Lipinski definition) is 6. The van der Waals surface area contributed by atoms with Gasteiger partial charge in [0.25, 0.3) is 0 Å². The van der Waals surface area contributed by atoms with E-state index in [0.29, 0.717) is 29.0 Å². The number of unbranched alkanes of at least 4 members (excludes halogenated alkanes) is 1. The van der Waals surface area contributed by atoms with Gasteiger partial charge < -0.3 is 20.1 Å². The lowest BCUT2D eigenvalue weighted by atomic mass is 10.1. The number of nitrogen functional groups attached to an aromatic ring is 1. The van der Waals surface area contributed by atoms with Crippen molar-refractivity contribution >= 4 is 29.8 Å². The van der Waals surface area contributed by atoms with E-state index in [4.69, 9.17) is 20.6 Å². The average Bonchev–Trinajstić information content (AvgIpc) is 2.82. The van der Waals surface area contributed by atoms with Crippen molar-refractivity contribution in [2.24, 2.45) is 5.73 Å². The fraction of sp³-hybridized carbons (Fsp3) is 0.308. The zero-order valence-corrected chi connectivity index (χ0v) is 19.8. The van der Waals surface area contributed by atoms with Gasteiger partial charge in [0.15, 0.2) is 0 Å². The van der Waals surface area contributed by atoms with Crippen molar-refractivity contribution in [3.8, 4) is 5.75 Å². The Morgan fingerprint density at radius 1 is 1.00 bits per heavy atom. The number of nitrogens with two attached hydrogens (primary N) is 1. The minimum Gasteiger partial charge on any atom is -0.465 e. The third kappa shape index (κ3) is 7.88. The highest BCUT2D eigenvalue weighted by molar-refractivity contribution is 5.99. The van der Waals surface area contributed by atoms with Gasteiger partial charge in [0.05, 0.1) is 12.2 Å². The van der Waals surface area contributed by atoms with Gasteiger partial charge in [0, 0.05) is 17.7 Å². The molecule has 0 bridgehead atoms. The SMILES string of the molecule is CCCCN(CC(=O)OCC)C(=O)/C(C)=C/c1ccc(C(=O)Oc2ccc(C(=N)N)cc2)cc1. The molecular weight excluding hydrogens is 434 g/mol. The Morgan fingerprint density at radius 2 is 1.62 bits per heavy atom. The molecule has 3 N–H and O–H groups in total. The Morgan fingerprint density at radius 3 is 2.18 bits per heavy atom. The molecule has 0 aromatic heterocycles. The van der Waals surface area contributed by atoms with E-state index in [-0.39, 0.29) is 24.9 Å². The number of ether oxygens (including phenoxy) is 2. The summed E-state index contributed by atoms with van der Waals surface area (Å²) in [6, 6.07) is 13.0. The first-order chi connectivity index (χ1) is 16.2. The number of amidine groups is 1. The normalized spacial score (nSPS) is 11.0. The van der Waals surface area contributed by atoms with Crippen LogP contribution >= 0.6 is 0 Å². The summed E-state index contributed by atoms with van der Waals surface area (Å²) in [6.45, 7) is 6.09. The number of rotatable bonds is 11. The van der Waals surface area contributed by atoms with Crippen LogP contribution in [0.5, 0.6) is 5.75 Å². The van der Waals surface area contributed by atoms with E-state index in [1.165, 1.54) is 4.90 Å². The summed E-state index contributed by atoms with van der Waals surface area (Å²) in [6.07, 6.45) is 3.39. The lowest BCUT2D eigenvalue weighted by Crippen LogP contribution is -2.37. The summed E-state index contributed by atoms with van der Waals surface area (Å²) in [5.74, 6) is -0.921. The van der Waals surface area contributed by atoms with Crippen LogP contribution in [0.3, 0.4) is 0 Å². The van der Waals surface area contributed by atoms with Crippen molar-refractivity contribution in [3.05, 3.63) is 70.8 Å². The highest BCUT2D eigenvalue weighted by Gasteiger charge is 2.19. The first-order valence-corrected chi connectivity index (χ1v) is 11.1. The second-order valence-electron chi connectivity index (χ2n) is 7.66. The van der Waals surface area contributed by atoms with Gasteiger partial charge in [0.1, 0.15) is 18.1 Å². The maximum Gasteiger partial charge on any atom is 0.343 e. The van der Waals surface area contributed by atoms with E-state index in [1.54, 1.807) is 68.5 Å². The molecule has 0 saturated carbocycles. The minimum atomic E-state index is -0.529. The van der Waals surface area contributed by atoms with E-state index >= 15 is 0 Å². The molecule has 0 aliphatic carbocycles. The molecule has 0 atom stereocenters. The summed E-state index contributed by atoms with van der Waals surface area (Å²) in [5, 5.41) is 7.40. The van der Waals surface area contributed by atoms with Gasteiger partial charge in [-0.15, -0.1) is 0 Å². The van der Waals surface area contributed by atoms with Gasteiger partial charge in [-0.05, 0) is 68.3 Å². The molecule has 8 heteroatoms. The Bertz CT molecular complexity index is 1040. The molecule has 0 heterocycles. The number of benzene rings is 2. The molecular formula is C26H31N3O5. The van der Waals surface area contributed by atoms with Gasteiger partial charge in [-0.2, -0.15) is 0 Å². The van der Waals surface area contributed by atoms with Crippen LogP contribution in [0.15, 0.2) is 54.1 Å². The van der Waals surface area contributed by atoms with Crippen molar-refractivity contribution in [2.45, 2.75) is 33.6 Å². The van der Waals surface area contributed by atoms with E-state index in [1.807, 2.05) is 6.92 Å². The van der Waals surface area contributed by atoms with E-state index < -0.39 is 11.9 Å². The molecule has 2 aromatic carbocycles. The number of amides is 1. The molecule has 0 saturated heterocycles. The Kier molecular flexibility index (Phi) is 10.0. The quantitative estimate of drug-likeness (QED) is 0.171.